The van der Waals surface area contributed by atoms with Crippen LogP contribution in [0.15, 0.2) is 77.6 Å². The molecule has 0 aliphatic rings. The van der Waals surface area contributed by atoms with Gasteiger partial charge in [0.15, 0.2) is 0 Å². The second kappa shape index (κ2) is 8.83. The summed E-state index contributed by atoms with van der Waals surface area (Å²) in [6.45, 7) is 2.10. The van der Waals surface area contributed by atoms with Crippen LogP contribution in [-0.4, -0.2) is 15.5 Å². The fourth-order valence-corrected chi connectivity index (χ4v) is 3.46. The summed E-state index contributed by atoms with van der Waals surface area (Å²) >= 11 is 0. The first-order chi connectivity index (χ1) is 15.1. The number of benzene rings is 3. The molecule has 0 aliphatic carbocycles. The minimum absolute atomic E-state index is 0.112. The summed E-state index contributed by atoms with van der Waals surface area (Å²) in [5.41, 5.74) is 7.77. The number of unbranched alkanes of at least 4 members (excludes halogenated alkanes) is 1. The van der Waals surface area contributed by atoms with Gasteiger partial charge in [0, 0.05) is 12.1 Å². The van der Waals surface area contributed by atoms with Gasteiger partial charge in [-0.2, -0.15) is 0 Å². The second-order valence-corrected chi connectivity index (χ2v) is 7.26. The van der Waals surface area contributed by atoms with Gasteiger partial charge in [-0.3, -0.25) is 9.36 Å². The predicted octanol–water partition coefficient (Wildman–Crippen LogP) is 4.53. The lowest BCUT2D eigenvalue weighted by atomic mass is 10.2. The van der Waals surface area contributed by atoms with Crippen molar-refractivity contribution < 1.29 is 9.53 Å². The maximum absolute atomic E-state index is 13.2. The number of para-hydroxylation sites is 2. The van der Waals surface area contributed by atoms with Crippen molar-refractivity contribution in [2.75, 3.05) is 5.73 Å². The summed E-state index contributed by atoms with van der Waals surface area (Å²) in [4.78, 5) is 30.4. The average molecular weight is 413 g/mol. The van der Waals surface area contributed by atoms with Gasteiger partial charge in [-0.05, 0) is 55.0 Å². The normalized spacial score (nSPS) is 10.9. The van der Waals surface area contributed by atoms with E-state index >= 15 is 0 Å². The van der Waals surface area contributed by atoms with Gasteiger partial charge in [-0.15, -0.1) is 0 Å². The average Bonchev–Trinajstić information content (AvgIpc) is 2.79. The quantitative estimate of drug-likeness (QED) is 0.285. The zero-order chi connectivity index (χ0) is 21.8. The van der Waals surface area contributed by atoms with Crippen LogP contribution in [0.5, 0.6) is 5.75 Å². The molecular weight excluding hydrogens is 390 g/mol. The van der Waals surface area contributed by atoms with E-state index in [0.717, 1.165) is 12.8 Å². The molecule has 6 nitrogen and oxygen atoms in total. The number of hydrogen-bond donors (Lipinski definition) is 1. The third-order valence-electron chi connectivity index (χ3n) is 5.09. The molecule has 0 radical (unpaired) electrons. The number of esters is 1. The van der Waals surface area contributed by atoms with E-state index in [-0.39, 0.29) is 5.56 Å². The molecule has 4 aromatic rings. The Morgan fingerprint density at radius 2 is 1.71 bits per heavy atom. The number of nitrogens with two attached hydrogens (primary N) is 1. The molecule has 0 amide bonds. The number of nitrogen functional groups attached to an aromatic ring is 1. The fraction of sp³-hybridized carbons (Fsp3) is 0.160. The van der Waals surface area contributed by atoms with Crippen molar-refractivity contribution in [3.05, 3.63) is 94.5 Å². The first-order valence-corrected chi connectivity index (χ1v) is 10.3. The van der Waals surface area contributed by atoms with Crippen molar-refractivity contribution in [3.63, 3.8) is 0 Å². The van der Waals surface area contributed by atoms with Crippen LogP contribution < -0.4 is 16.0 Å². The van der Waals surface area contributed by atoms with Crippen LogP contribution in [0, 0.1) is 0 Å². The Kier molecular flexibility index (Phi) is 5.80. The predicted molar refractivity (Wildman–Crippen MR) is 122 cm³/mol. The lowest BCUT2D eigenvalue weighted by Gasteiger charge is -2.14. The Morgan fingerprint density at radius 3 is 2.45 bits per heavy atom. The highest BCUT2D eigenvalue weighted by Gasteiger charge is 2.14. The molecule has 3 aromatic carbocycles. The number of rotatable bonds is 6. The first kappa shape index (κ1) is 20.3. The first-order valence-electron chi connectivity index (χ1n) is 10.3. The van der Waals surface area contributed by atoms with Gasteiger partial charge in [-0.1, -0.05) is 37.6 Å². The molecule has 0 bridgehead atoms. The Balaban J connectivity index is 1.68. The highest BCUT2D eigenvalue weighted by atomic mass is 16.5. The summed E-state index contributed by atoms with van der Waals surface area (Å²) in [7, 11) is 0. The fourth-order valence-electron chi connectivity index (χ4n) is 3.46. The smallest absolute Gasteiger partial charge is 0.345 e. The molecule has 1 heterocycles. The monoisotopic (exact) mass is 413 g/mol. The van der Waals surface area contributed by atoms with Gasteiger partial charge >= 0.3 is 5.97 Å². The van der Waals surface area contributed by atoms with E-state index in [2.05, 4.69) is 6.92 Å². The number of carbonyl (C=O) groups excluding carboxylic acids is 1. The van der Waals surface area contributed by atoms with Gasteiger partial charge in [0.25, 0.3) is 5.56 Å². The molecule has 0 unspecified atom stereocenters. The van der Waals surface area contributed by atoms with Crippen molar-refractivity contribution in [1.82, 2.24) is 9.55 Å². The Bertz CT molecular complexity index is 1290. The highest BCUT2D eigenvalue weighted by Crippen LogP contribution is 2.20. The molecule has 31 heavy (non-hydrogen) atoms. The third-order valence-corrected chi connectivity index (χ3v) is 5.09. The minimum Gasteiger partial charge on any atom is -0.423 e. The molecule has 0 atom stereocenters. The van der Waals surface area contributed by atoms with Crippen LogP contribution in [0.1, 0.15) is 35.9 Å². The summed E-state index contributed by atoms with van der Waals surface area (Å²) in [6, 6.07) is 20.9. The van der Waals surface area contributed by atoms with E-state index in [4.69, 9.17) is 15.5 Å². The van der Waals surface area contributed by atoms with Gasteiger partial charge in [0.05, 0.1) is 22.2 Å². The molecule has 0 fully saturated rings. The standard InChI is InChI=1S/C25H23N3O3/c1-2-3-12-23-27-22-11-7-5-9-20(22)24(29)28(23)17-13-15-18(16-14-17)31-25(30)19-8-4-6-10-21(19)26/h4-11,13-16H,2-3,12,26H2,1H3. The lowest BCUT2D eigenvalue weighted by Crippen LogP contribution is -2.24. The molecule has 156 valence electrons. The summed E-state index contributed by atoms with van der Waals surface area (Å²) in [5.74, 6) is 0.556. The van der Waals surface area contributed by atoms with Crippen molar-refractivity contribution in [1.29, 1.82) is 0 Å². The van der Waals surface area contributed by atoms with Crippen molar-refractivity contribution in [2.24, 2.45) is 0 Å². The largest absolute Gasteiger partial charge is 0.423 e. The number of aromatic nitrogens is 2. The minimum atomic E-state index is -0.529. The van der Waals surface area contributed by atoms with Crippen molar-refractivity contribution >= 4 is 22.6 Å². The zero-order valence-electron chi connectivity index (χ0n) is 17.2. The Hall–Kier alpha value is -3.93. The molecule has 0 spiro atoms. The van der Waals surface area contributed by atoms with Crippen LogP contribution in [-0.2, 0) is 6.42 Å². The van der Waals surface area contributed by atoms with E-state index in [1.165, 1.54) is 0 Å². The topological polar surface area (TPSA) is 87.2 Å². The maximum atomic E-state index is 13.2. The Morgan fingerprint density at radius 1 is 1.00 bits per heavy atom. The van der Waals surface area contributed by atoms with E-state index in [1.807, 2.05) is 18.2 Å². The summed E-state index contributed by atoms with van der Waals surface area (Å²) in [5, 5.41) is 0.567. The number of fused-ring (bicyclic) bond motifs is 1. The van der Waals surface area contributed by atoms with Gasteiger partial charge < -0.3 is 10.5 Å². The lowest BCUT2D eigenvalue weighted by molar-refractivity contribution is 0.0736. The summed E-state index contributed by atoms with van der Waals surface area (Å²) in [6.07, 6.45) is 2.62. The molecule has 1 aromatic heterocycles. The zero-order valence-corrected chi connectivity index (χ0v) is 17.2. The molecule has 2 N–H and O–H groups in total. The van der Waals surface area contributed by atoms with Crippen LogP contribution in [0.2, 0.25) is 0 Å². The number of anilines is 1. The SMILES string of the molecule is CCCCc1nc2ccccc2c(=O)n1-c1ccc(OC(=O)c2ccccc2N)cc1. The molecule has 0 aliphatic heterocycles. The van der Waals surface area contributed by atoms with Crippen molar-refractivity contribution in [3.8, 4) is 11.4 Å². The van der Waals surface area contributed by atoms with Gasteiger partial charge in [-0.25, -0.2) is 9.78 Å². The van der Waals surface area contributed by atoms with Gasteiger partial charge in [0.2, 0.25) is 0 Å². The second-order valence-electron chi connectivity index (χ2n) is 7.26. The number of carbonyl (C=O) groups is 1. The maximum Gasteiger partial charge on any atom is 0.345 e. The molecule has 6 heteroatoms. The number of aryl methyl sites for hydroxylation is 1. The van der Waals surface area contributed by atoms with E-state index in [1.54, 1.807) is 59.2 Å². The number of ether oxygens (including phenoxy) is 1. The molecule has 0 saturated heterocycles. The molecule has 0 saturated carbocycles. The van der Waals surface area contributed by atoms with Crippen LogP contribution in [0.4, 0.5) is 5.69 Å². The summed E-state index contributed by atoms with van der Waals surface area (Å²) < 4.78 is 7.08. The van der Waals surface area contributed by atoms with E-state index < -0.39 is 5.97 Å². The van der Waals surface area contributed by atoms with Gasteiger partial charge in [0.1, 0.15) is 11.6 Å². The van der Waals surface area contributed by atoms with Crippen LogP contribution in [0.25, 0.3) is 16.6 Å². The number of nitrogens with zero attached hydrogens (tertiary/aromatic N) is 2. The van der Waals surface area contributed by atoms with E-state index in [9.17, 15) is 9.59 Å². The van der Waals surface area contributed by atoms with Crippen molar-refractivity contribution in [2.45, 2.75) is 26.2 Å². The number of hydrogen-bond acceptors (Lipinski definition) is 5. The van der Waals surface area contributed by atoms with Crippen LogP contribution >= 0.6 is 0 Å². The third kappa shape index (κ3) is 4.19. The Labute approximate surface area is 179 Å². The molecular formula is C25H23N3O3. The van der Waals surface area contributed by atoms with E-state index in [0.29, 0.717) is 45.8 Å². The highest BCUT2D eigenvalue weighted by molar-refractivity contribution is 5.96. The van der Waals surface area contributed by atoms with Crippen LogP contribution in [0.3, 0.4) is 0 Å². The molecule has 4 rings (SSSR count).